The molecule has 0 saturated carbocycles. The third kappa shape index (κ3) is 7.60. The first-order chi connectivity index (χ1) is 16.8. The summed E-state index contributed by atoms with van der Waals surface area (Å²) in [6.07, 6.45) is 1.50. The van der Waals surface area contributed by atoms with Crippen molar-refractivity contribution in [2.24, 2.45) is 0 Å². The van der Waals surface area contributed by atoms with Gasteiger partial charge in [-0.05, 0) is 67.9 Å². The lowest BCUT2D eigenvalue weighted by molar-refractivity contribution is -0.116. The molecule has 0 aliphatic heterocycles. The summed E-state index contributed by atoms with van der Waals surface area (Å²) in [6.45, 7) is 2.05. The molecule has 0 aliphatic rings. The molecule has 12 heteroatoms. The quantitative estimate of drug-likeness (QED) is 0.344. The van der Waals surface area contributed by atoms with E-state index in [1.165, 1.54) is 46.8 Å². The maximum atomic E-state index is 12.7. The summed E-state index contributed by atoms with van der Waals surface area (Å²) in [5.74, 6) is -0.325. The molecule has 0 fully saturated rings. The molecule has 0 saturated heterocycles. The van der Waals surface area contributed by atoms with E-state index in [-0.39, 0.29) is 34.5 Å². The van der Waals surface area contributed by atoms with Crippen molar-refractivity contribution in [3.05, 3.63) is 82.3 Å². The fourth-order valence-corrected chi connectivity index (χ4v) is 5.85. The molecule has 0 atom stereocenters. The van der Waals surface area contributed by atoms with Gasteiger partial charge in [-0.1, -0.05) is 40.9 Å². The summed E-state index contributed by atoms with van der Waals surface area (Å²) in [6, 6.07) is 17.1. The van der Waals surface area contributed by atoms with Gasteiger partial charge in [-0.2, -0.15) is 0 Å². The van der Waals surface area contributed by atoms with Crippen LogP contribution in [0.3, 0.4) is 0 Å². The largest absolute Gasteiger partial charge is 0.326 e. The van der Waals surface area contributed by atoms with Gasteiger partial charge in [-0.3, -0.25) is 13.8 Å². The fraction of sp³-hybridized carbons (Fsp3) is 0.208. The third-order valence-electron chi connectivity index (χ3n) is 5.11. The molecule has 0 radical (unpaired) electrons. The van der Waals surface area contributed by atoms with Gasteiger partial charge in [0.05, 0.1) is 27.5 Å². The number of rotatable bonds is 10. The van der Waals surface area contributed by atoms with Gasteiger partial charge < -0.3 is 5.32 Å². The topological polar surface area (TPSA) is 113 Å². The van der Waals surface area contributed by atoms with E-state index in [0.717, 1.165) is 11.8 Å². The molecule has 0 unspecified atom stereocenters. The van der Waals surface area contributed by atoms with Crippen LogP contribution >= 0.6 is 23.2 Å². The third-order valence-corrected chi connectivity index (χ3v) is 8.23. The highest BCUT2D eigenvalue weighted by Gasteiger charge is 2.18. The Bertz CT molecular complexity index is 1440. The molecule has 36 heavy (non-hydrogen) atoms. The standard InChI is InChI=1S/C24H25Cl2N3O5S2/c1-17-5-10-20(11-6-17)29(35(2,31)32)15-3-4-24(30)27-19-8-12-21(13-9-19)36(33,34)28-23-14-7-18(25)16-22(23)26/h5-14,16,28H,3-4,15H2,1-2H3,(H,27,30). The highest BCUT2D eigenvalue weighted by Crippen LogP contribution is 2.28. The van der Waals surface area contributed by atoms with Gasteiger partial charge in [0.2, 0.25) is 15.9 Å². The second kappa shape index (κ2) is 11.5. The van der Waals surface area contributed by atoms with Crippen LogP contribution in [0.5, 0.6) is 0 Å². The SMILES string of the molecule is Cc1ccc(N(CCCC(=O)Nc2ccc(S(=O)(=O)Nc3ccc(Cl)cc3Cl)cc2)S(C)(=O)=O)cc1. The van der Waals surface area contributed by atoms with Crippen molar-refractivity contribution in [1.29, 1.82) is 0 Å². The van der Waals surface area contributed by atoms with E-state index < -0.39 is 20.0 Å². The summed E-state index contributed by atoms with van der Waals surface area (Å²) in [7, 11) is -7.42. The van der Waals surface area contributed by atoms with E-state index >= 15 is 0 Å². The minimum atomic E-state index is -3.91. The normalized spacial score (nSPS) is 11.7. The average molecular weight is 571 g/mol. The van der Waals surface area contributed by atoms with Crippen LogP contribution in [0.1, 0.15) is 18.4 Å². The summed E-state index contributed by atoms with van der Waals surface area (Å²) in [5.41, 5.74) is 2.14. The summed E-state index contributed by atoms with van der Waals surface area (Å²) >= 11 is 11.9. The number of halogens is 2. The number of hydrogen-bond donors (Lipinski definition) is 2. The van der Waals surface area contributed by atoms with Crippen LogP contribution in [0.4, 0.5) is 17.1 Å². The Morgan fingerprint density at radius 3 is 2.14 bits per heavy atom. The van der Waals surface area contributed by atoms with Crippen molar-refractivity contribution in [3.8, 4) is 0 Å². The van der Waals surface area contributed by atoms with Crippen molar-refractivity contribution in [2.45, 2.75) is 24.7 Å². The number of aryl methyl sites for hydroxylation is 1. The number of anilines is 3. The van der Waals surface area contributed by atoms with Crippen LogP contribution in [0.2, 0.25) is 10.0 Å². The van der Waals surface area contributed by atoms with Crippen molar-refractivity contribution in [3.63, 3.8) is 0 Å². The van der Waals surface area contributed by atoms with Crippen molar-refractivity contribution in [1.82, 2.24) is 0 Å². The molecule has 0 aromatic heterocycles. The maximum absolute atomic E-state index is 12.7. The highest BCUT2D eigenvalue weighted by molar-refractivity contribution is 7.92. The number of nitrogens with zero attached hydrogens (tertiary/aromatic N) is 1. The van der Waals surface area contributed by atoms with Gasteiger partial charge >= 0.3 is 0 Å². The summed E-state index contributed by atoms with van der Waals surface area (Å²) in [5, 5.41) is 3.22. The van der Waals surface area contributed by atoms with Gasteiger partial charge in [0.1, 0.15) is 0 Å². The average Bonchev–Trinajstić information content (AvgIpc) is 2.79. The number of amides is 1. The summed E-state index contributed by atoms with van der Waals surface area (Å²) < 4.78 is 53.4. The Morgan fingerprint density at radius 2 is 1.56 bits per heavy atom. The molecule has 0 bridgehead atoms. The van der Waals surface area contributed by atoms with E-state index in [1.807, 2.05) is 19.1 Å². The molecule has 1 amide bonds. The number of carbonyl (C=O) groups excluding carboxylic acids is 1. The van der Waals surface area contributed by atoms with Crippen LogP contribution < -0.4 is 14.3 Å². The Hall–Kier alpha value is -2.79. The second-order valence-electron chi connectivity index (χ2n) is 8.08. The van der Waals surface area contributed by atoms with Gasteiger partial charge in [0, 0.05) is 23.7 Å². The zero-order valence-electron chi connectivity index (χ0n) is 19.5. The van der Waals surface area contributed by atoms with Crippen LogP contribution in [-0.2, 0) is 24.8 Å². The number of hydrogen-bond acceptors (Lipinski definition) is 5. The predicted octanol–water partition coefficient (Wildman–Crippen LogP) is 5.29. The van der Waals surface area contributed by atoms with Gasteiger partial charge in [0.15, 0.2) is 0 Å². The minimum absolute atomic E-state index is 0.0200. The number of sulfonamides is 2. The molecule has 0 heterocycles. The van der Waals surface area contributed by atoms with E-state index in [1.54, 1.807) is 12.1 Å². The van der Waals surface area contributed by atoms with Crippen molar-refractivity contribution < 1.29 is 21.6 Å². The first kappa shape index (κ1) is 27.8. The molecule has 3 aromatic rings. The highest BCUT2D eigenvalue weighted by atomic mass is 35.5. The van der Waals surface area contributed by atoms with E-state index in [0.29, 0.717) is 22.8 Å². The van der Waals surface area contributed by atoms with Crippen LogP contribution in [0.15, 0.2) is 71.6 Å². The minimum Gasteiger partial charge on any atom is -0.326 e. The number of nitrogens with one attached hydrogen (secondary N) is 2. The molecule has 8 nitrogen and oxygen atoms in total. The molecule has 0 aliphatic carbocycles. The Balaban J connectivity index is 1.58. The molecule has 2 N–H and O–H groups in total. The second-order valence-corrected chi connectivity index (χ2v) is 12.5. The zero-order chi connectivity index (χ0) is 26.5. The van der Waals surface area contributed by atoms with E-state index in [9.17, 15) is 21.6 Å². The lowest BCUT2D eigenvalue weighted by Gasteiger charge is -2.22. The van der Waals surface area contributed by atoms with E-state index in [4.69, 9.17) is 23.2 Å². The Morgan fingerprint density at radius 1 is 0.917 bits per heavy atom. The predicted molar refractivity (Wildman–Crippen MR) is 145 cm³/mol. The van der Waals surface area contributed by atoms with Crippen LogP contribution in [0.25, 0.3) is 0 Å². The Kier molecular flexibility index (Phi) is 8.89. The first-order valence-electron chi connectivity index (χ1n) is 10.8. The lowest BCUT2D eigenvalue weighted by Crippen LogP contribution is -2.31. The molecule has 0 spiro atoms. The van der Waals surface area contributed by atoms with Crippen molar-refractivity contribution in [2.75, 3.05) is 27.1 Å². The zero-order valence-corrected chi connectivity index (χ0v) is 22.7. The van der Waals surface area contributed by atoms with Crippen LogP contribution in [-0.4, -0.2) is 35.5 Å². The number of benzene rings is 3. The molecular formula is C24H25Cl2N3O5S2. The first-order valence-corrected chi connectivity index (χ1v) is 14.9. The van der Waals surface area contributed by atoms with Crippen LogP contribution in [0, 0.1) is 6.92 Å². The lowest BCUT2D eigenvalue weighted by atomic mass is 10.2. The van der Waals surface area contributed by atoms with Gasteiger partial charge in [-0.15, -0.1) is 0 Å². The maximum Gasteiger partial charge on any atom is 0.261 e. The Labute approximate surface area is 221 Å². The van der Waals surface area contributed by atoms with Crippen molar-refractivity contribution >= 4 is 66.2 Å². The fourth-order valence-electron chi connectivity index (χ4n) is 3.30. The van der Waals surface area contributed by atoms with E-state index in [2.05, 4.69) is 10.0 Å². The van der Waals surface area contributed by atoms with Gasteiger partial charge in [0.25, 0.3) is 10.0 Å². The molecule has 3 rings (SSSR count). The molecule has 192 valence electrons. The molecule has 3 aromatic carbocycles. The molecular weight excluding hydrogens is 545 g/mol. The smallest absolute Gasteiger partial charge is 0.261 e. The van der Waals surface area contributed by atoms with Gasteiger partial charge in [-0.25, -0.2) is 16.8 Å². The summed E-state index contributed by atoms with van der Waals surface area (Å²) in [4.78, 5) is 12.4. The monoisotopic (exact) mass is 569 g/mol. The number of carbonyl (C=O) groups is 1.